The van der Waals surface area contributed by atoms with Gasteiger partial charge < -0.3 is 20.1 Å². The Kier molecular flexibility index (Phi) is 11.7. The third-order valence-corrected chi connectivity index (χ3v) is 4.09. The Labute approximate surface area is 152 Å². The first kappa shape index (κ1) is 21.4. The molecule has 0 saturated heterocycles. The van der Waals surface area contributed by atoms with Crippen LogP contribution in [0, 0.1) is 0 Å². The SMILES string of the molecule is CCN(CC)C(CNC(=NC)NCCOCCOC)c1ccccc1. The summed E-state index contributed by atoms with van der Waals surface area (Å²) < 4.78 is 10.4. The number of nitrogens with zero attached hydrogens (tertiary/aromatic N) is 2. The van der Waals surface area contributed by atoms with E-state index in [0.717, 1.165) is 25.6 Å². The zero-order chi connectivity index (χ0) is 18.3. The van der Waals surface area contributed by atoms with E-state index in [1.54, 1.807) is 14.2 Å². The van der Waals surface area contributed by atoms with Gasteiger partial charge in [0, 0.05) is 27.2 Å². The molecule has 0 heterocycles. The van der Waals surface area contributed by atoms with Gasteiger partial charge in [-0.1, -0.05) is 44.2 Å². The van der Waals surface area contributed by atoms with E-state index in [2.05, 4.69) is 64.7 Å². The molecule has 6 nitrogen and oxygen atoms in total. The standard InChI is InChI=1S/C19H34N4O2/c1-5-23(6-2)18(17-10-8-7-9-11-17)16-22-19(20-3)21-12-13-25-15-14-24-4/h7-11,18H,5-6,12-16H2,1-4H3,(H2,20,21,22). The molecule has 0 amide bonds. The fraction of sp³-hybridized carbons (Fsp3) is 0.632. The van der Waals surface area contributed by atoms with E-state index in [-0.39, 0.29) is 0 Å². The summed E-state index contributed by atoms with van der Waals surface area (Å²) in [5.41, 5.74) is 1.32. The number of ether oxygens (including phenoxy) is 2. The van der Waals surface area contributed by atoms with E-state index < -0.39 is 0 Å². The summed E-state index contributed by atoms with van der Waals surface area (Å²) in [6.45, 7) is 9.79. The van der Waals surface area contributed by atoms with Gasteiger partial charge in [-0.3, -0.25) is 9.89 Å². The lowest BCUT2D eigenvalue weighted by molar-refractivity contribution is 0.0733. The largest absolute Gasteiger partial charge is 0.382 e. The molecule has 0 aliphatic rings. The normalized spacial score (nSPS) is 13.1. The van der Waals surface area contributed by atoms with Crippen molar-refractivity contribution in [3.63, 3.8) is 0 Å². The van der Waals surface area contributed by atoms with Crippen LogP contribution in [0.15, 0.2) is 35.3 Å². The number of hydrogen-bond acceptors (Lipinski definition) is 4. The molecular formula is C19H34N4O2. The number of methoxy groups -OCH3 is 1. The second-order valence-electron chi connectivity index (χ2n) is 5.63. The molecule has 2 N–H and O–H groups in total. The second-order valence-corrected chi connectivity index (χ2v) is 5.63. The van der Waals surface area contributed by atoms with Crippen molar-refractivity contribution in [1.29, 1.82) is 0 Å². The lowest BCUT2D eigenvalue weighted by Crippen LogP contribution is -2.44. The lowest BCUT2D eigenvalue weighted by atomic mass is 10.1. The van der Waals surface area contributed by atoms with Crippen LogP contribution >= 0.6 is 0 Å². The Bertz CT molecular complexity index is 464. The molecule has 0 radical (unpaired) electrons. The Morgan fingerprint density at radius 2 is 1.80 bits per heavy atom. The van der Waals surface area contributed by atoms with Crippen LogP contribution in [0.2, 0.25) is 0 Å². The number of rotatable bonds is 12. The van der Waals surface area contributed by atoms with Crippen molar-refractivity contribution in [3.05, 3.63) is 35.9 Å². The van der Waals surface area contributed by atoms with Crippen molar-refractivity contribution in [2.45, 2.75) is 19.9 Å². The van der Waals surface area contributed by atoms with Crippen LogP contribution in [0.5, 0.6) is 0 Å². The first-order valence-corrected chi connectivity index (χ1v) is 9.06. The Balaban J connectivity index is 2.50. The van der Waals surface area contributed by atoms with E-state index >= 15 is 0 Å². The van der Waals surface area contributed by atoms with Gasteiger partial charge in [0.1, 0.15) is 0 Å². The summed E-state index contributed by atoms with van der Waals surface area (Å²) >= 11 is 0. The van der Waals surface area contributed by atoms with E-state index in [1.807, 2.05) is 0 Å². The topological polar surface area (TPSA) is 58.1 Å². The minimum Gasteiger partial charge on any atom is -0.382 e. The van der Waals surface area contributed by atoms with Crippen molar-refractivity contribution in [3.8, 4) is 0 Å². The fourth-order valence-corrected chi connectivity index (χ4v) is 2.70. The average Bonchev–Trinajstić information content (AvgIpc) is 2.66. The summed E-state index contributed by atoms with van der Waals surface area (Å²) in [5, 5.41) is 6.72. The Hall–Kier alpha value is -1.63. The van der Waals surface area contributed by atoms with Crippen LogP contribution < -0.4 is 10.6 Å². The molecule has 142 valence electrons. The number of benzene rings is 1. The molecule has 6 heteroatoms. The van der Waals surface area contributed by atoms with Gasteiger partial charge in [-0.25, -0.2) is 0 Å². The smallest absolute Gasteiger partial charge is 0.191 e. The van der Waals surface area contributed by atoms with Gasteiger partial charge in [0.25, 0.3) is 0 Å². The zero-order valence-electron chi connectivity index (χ0n) is 16.1. The van der Waals surface area contributed by atoms with Gasteiger partial charge in [0.05, 0.1) is 25.9 Å². The van der Waals surface area contributed by atoms with Gasteiger partial charge in [-0.15, -0.1) is 0 Å². The Morgan fingerprint density at radius 3 is 2.40 bits per heavy atom. The van der Waals surface area contributed by atoms with Crippen molar-refractivity contribution < 1.29 is 9.47 Å². The number of nitrogens with one attached hydrogen (secondary N) is 2. The quantitative estimate of drug-likeness (QED) is 0.343. The van der Waals surface area contributed by atoms with Crippen molar-refractivity contribution in [2.75, 3.05) is 60.2 Å². The number of guanidine groups is 1. The molecule has 25 heavy (non-hydrogen) atoms. The first-order chi connectivity index (χ1) is 12.3. The summed E-state index contributed by atoms with van der Waals surface area (Å²) in [6, 6.07) is 10.9. The van der Waals surface area contributed by atoms with Crippen LogP contribution in [0.3, 0.4) is 0 Å². The highest BCUT2D eigenvalue weighted by Gasteiger charge is 2.17. The molecule has 0 saturated carbocycles. The van der Waals surface area contributed by atoms with Gasteiger partial charge in [0.2, 0.25) is 0 Å². The molecule has 1 aromatic rings. The third-order valence-electron chi connectivity index (χ3n) is 4.09. The summed E-state index contributed by atoms with van der Waals surface area (Å²) in [5.74, 6) is 0.795. The third kappa shape index (κ3) is 8.34. The number of hydrogen-bond donors (Lipinski definition) is 2. The van der Waals surface area contributed by atoms with E-state index in [4.69, 9.17) is 9.47 Å². The molecule has 0 aliphatic heterocycles. The highest BCUT2D eigenvalue weighted by molar-refractivity contribution is 5.79. The molecule has 1 unspecified atom stereocenters. The lowest BCUT2D eigenvalue weighted by Gasteiger charge is -2.30. The van der Waals surface area contributed by atoms with E-state index in [1.165, 1.54) is 5.56 Å². The molecule has 1 atom stereocenters. The van der Waals surface area contributed by atoms with Crippen LogP contribution in [-0.2, 0) is 9.47 Å². The van der Waals surface area contributed by atoms with Gasteiger partial charge in [0.15, 0.2) is 5.96 Å². The minimum atomic E-state index is 0.313. The van der Waals surface area contributed by atoms with Crippen molar-refractivity contribution in [1.82, 2.24) is 15.5 Å². The molecule has 0 aliphatic carbocycles. The van der Waals surface area contributed by atoms with E-state index in [0.29, 0.717) is 32.4 Å². The number of likely N-dealkylation sites (N-methyl/N-ethyl adjacent to an activating group) is 1. The molecular weight excluding hydrogens is 316 g/mol. The Morgan fingerprint density at radius 1 is 1.08 bits per heavy atom. The van der Waals surface area contributed by atoms with Crippen molar-refractivity contribution in [2.24, 2.45) is 4.99 Å². The van der Waals surface area contributed by atoms with Gasteiger partial charge >= 0.3 is 0 Å². The van der Waals surface area contributed by atoms with E-state index in [9.17, 15) is 0 Å². The predicted octanol–water partition coefficient (Wildman–Crippen LogP) is 1.90. The van der Waals surface area contributed by atoms with Gasteiger partial charge in [-0.05, 0) is 18.7 Å². The maximum absolute atomic E-state index is 5.46. The maximum atomic E-state index is 5.46. The maximum Gasteiger partial charge on any atom is 0.191 e. The van der Waals surface area contributed by atoms with Crippen LogP contribution in [-0.4, -0.2) is 71.0 Å². The highest BCUT2D eigenvalue weighted by Crippen LogP contribution is 2.19. The zero-order valence-corrected chi connectivity index (χ0v) is 16.1. The minimum absolute atomic E-state index is 0.313. The second kappa shape index (κ2) is 13.6. The van der Waals surface area contributed by atoms with Crippen LogP contribution in [0.4, 0.5) is 0 Å². The first-order valence-electron chi connectivity index (χ1n) is 9.06. The van der Waals surface area contributed by atoms with Crippen LogP contribution in [0.25, 0.3) is 0 Å². The number of aliphatic imine (C=N–C) groups is 1. The highest BCUT2D eigenvalue weighted by atomic mass is 16.5. The monoisotopic (exact) mass is 350 g/mol. The van der Waals surface area contributed by atoms with Crippen molar-refractivity contribution >= 4 is 5.96 Å². The molecule has 1 aromatic carbocycles. The summed E-state index contributed by atoms with van der Waals surface area (Å²) in [6.07, 6.45) is 0. The molecule has 0 aromatic heterocycles. The summed E-state index contributed by atoms with van der Waals surface area (Å²) in [7, 11) is 3.46. The average molecular weight is 351 g/mol. The predicted molar refractivity (Wildman–Crippen MR) is 104 cm³/mol. The molecule has 1 rings (SSSR count). The molecule has 0 bridgehead atoms. The van der Waals surface area contributed by atoms with Gasteiger partial charge in [-0.2, -0.15) is 0 Å². The molecule has 0 spiro atoms. The summed E-state index contributed by atoms with van der Waals surface area (Å²) in [4.78, 5) is 6.74. The van der Waals surface area contributed by atoms with Crippen LogP contribution in [0.1, 0.15) is 25.5 Å². The fourth-order valence-electron chi connectivity index (χ4n) is 2.70. The molecule has 0 fully saturated rings.